The van der Waals surface area contributed by atoms with Gasteiger partial charge in [0.15, 0.2) is 11.2 Å². The van der Waals surface area contributed by atoms with E-state index in [9.17, 15) is 22.8 Å². The van der Waals surface area contributed by atoms with Crippen molar-refractivity contribution in [2.75, 3.05) is 31.1 Å². The number of aromatic nitrogens is 4. The second-order valence-electron chi connectivity index (χ2n) is 11.4. The SMILES string of the molecule is Cn1c(=O)[nH]c(=O)c2c1nc(N1CCN(Cc3ccc(C(C)(C)C)cc3)CC1)n2Cc1ccccc1C(F)(F)F. The molecule has 2 aromatic heterocycles. The zero-order chi connectivity index (χ0) is 28.8. The quantitative estimate of drug-likeness (QED) is 0.402. The Morgan fingerprint density at radius 1 is 0.900 bits per heavy atom. The molecule has 4 aromatic rings. The Labute approximate surface area is 229 Å². The fourth-order valence-electron chi connectivity index (χ4n) is 5.19. The lowest BCUT2D eigenvalue weighted by atomic mass is 9.87. The van der Waals surface area contributed by atoms with Gasteiger partial charge in [0.2, 0.25) is 5.95 Å². The molecule has 1 aliphatic heterocycles. The number of H-pyrrole nitrogens is 1. The summed E-state index contributed by atoms with van der Waals surface area (Å²) in [5.74, 6) is 0.368. The lowest BCUT2D eigenvalue weighted by molar-refractivity contribution is -0.138. The van der Waals surface area contributed by atoms with E-state index >= 15 is 0 Å². The number of alkyl halides is 3. The van der Waals surface area contributed by atoms with Crippen LogP contribution in [0.4, 0.5) is 19.1 Å². The molecule has 1 N–H and O–H groups in total. The monoisotopic (exact) mass is 554 g/mol. The number of benzene rings is 2. The van der Waals surface area contributed by atoms with Crippen LogP contribution in [0, 0.1) is 0 Å². The van der Waals surface area contributed by atoms with Crippen LogP contribution in [0.3, 0.4) is 0 Å². The van der Waals surface area contributed by atoms with Gasteiger partial charge in [0.05, 0.1) is 12.1 Å². The summed E-state index contributed by atoms with van der Waals surface area (Å²) in [5, 5.41) is 0. The molecule has 40 heavy (non-hydrogen) atoms. The maximum absolute atomic E-state index is 13.8. The minimum absolute atomic E-state index is 0.0149. The van der Waals surface area contributed by atoms with Gasteiger partial charge in [0.25, 0.3) is 5.56 Å². The summed E-state index contributed by atoms with van der Waals surface area (Å²) < 4.78 is 44.1. The smallest absolute Gasteiger partial charge is 0.340 e. The topological polar surface area (TPSA) is 79.2 Å². The highest BCUT2D eigenvalue weighted by atomic mass is 19.4. The second kappa shape index (κ2) is 10.3. The van der Waals surface area contributed by atoms with E-state index in [0.29, 0.717) is 32.1 Å². The molecule has 1 fully saturated rings. The van der Waals surface area contributed by atoms with Crippen molar-refractivity contribution in [1.82, 2.24) is 24.0 Å². The van der Waals surface area contributed by atoms with Gasteiger partial charge in [0.1, 0.15) is 0 Å². The molecule has 3 heterocycles. The molecule has 8 nitrogen and oxygen atoms in total. The Bertz CT molecular complexity index is 1640. The molecule has 0 bridgehead atoms. The Morgan fingerprint density at radius 3 is 2.17 bits per heavy atom. The van der Waals surface area contributed by atoms with E-state index in [1.807, 2.05) is 4.90 Å². The molecule has 2 aromatic carbocycles. The third kappa shape index (κ3) is 5.42. The first-order valence-corrected chi connectivity index (χ1v) is 13.2. The Morgan fingerprint density at radius 2 is 1.55 bits per heavy atom. The number of anilines is 1. The molecule has 11 heteroatoms. The van der Waals surface area contributed by atoms with E-state index in [0.717, 1.165) is 12.6 Å². The normalized spacial score (nSPS) is 15.2. The van der Waals surface area contributed by atoms with Gasteiger partial charge in [-0.3, -0.25) is 23.8 Å². The van der Waals surface area contributed by atoms with Crippen molar-refractivity contribution >= 4 is 17.1 Å². The van der Waals surface area contributed by atoms with Crippen LogP contribution in [-0.2, 0) is 31.7 Å². The van der Waals surface area contributed by atoms with Gasteiger partial charge in [-0.05, 0) is 28.2 Å². The van der Waals surface area contributed by atoms with Crippen molar-refractivity contribution in [3.8, 4) is 0 Å². The third-order valence-electron chi connectivity index (χ3n) is 7.52. The summed E-state index contributed by atoms with van der Waals surface area (Å²) in [6.07, 6.45) is -4.55. The van der Waals surface area contributed by atoms with Crippen molar-refractivity contribution in [2.24, 2.45) is 7.05 Å². The van der Waals surface area contributed by atoms with Crippen molar-refractivity contribution in [3.05, 3.63) is 91.6 Å². The van der Waals surface area contributed by atoms with Gasteiger partial charge in [-0.25, -0.2) is 4.79 Å². The first kappa shape index (κ1) is 27.7. The van der Waals surface area contributed by atoms with E-state index in [1.54, 1.807) is 0 Å². The molecule has 0 amide bonds. The number of halogens is 3. The number of aryl methyl sites for hydroxylation is 1. The summed E-state index contributed by atoms with van der Waals surface area (Å²) in [4.78, 5) is 36.3. The van der Waals surface area contributed by atoms with Gasteiger partial charge < -0.3 is 4.90 Å². The van der Waals surface area contributed by atoms with Crippen LogP contribution in [0.2, 0.25) is 0 Å². The number of nitrogens with one attached hydrogen (secondary N) is 1. The van der Waals surface area contributed by atoms with Gasteiger partial charge in [0, 0.05) is 39.8 Å². The number of hydrogen-bond donors (Lipinski definition) is 1. The molecule has 0 saturated carbocycles. The summed E-state index contributed by atoms with van der Waals surface area (Å²) in [6, 6.07) is 13.9. The number of rotatable bonds is 5. The molecule has 1 aliphatic rings. The maximum Gasteiger partial charge on any atom is 0.416 e. The van der Waals surface area contributed by atoms with Gasteiger partial charge >= 0.3 is 11.9 Å². The average Bonchev–Trinajstić information content (AvgIpc) is 3.27. The van der Waals surface area contributed by atoms with Crippen molar-refractivity contribution in [3.63, 3.8) is 0 Å². The van der Waals surface area contributed by atoms with Crippen LogP contribution in [0.25, 0.3) is 11.2 Å². The number of hydrogen-bond acceptors (Lipinski definition) is 5. The van der Waals surface area contributed by atoms with Crippen LogP contribution in [-0.4, -0.2) is 50.2 Å². The molecule has 1 saturated heterocycles. The highest BCUT2D eigenvalue weighted by molar-refractivity contribution is 5.74. The minimum atomic E-state index is -4.55. The van der Waals surface area contributed by atoms with Crippen LogP contribution < -0.4 is 16.1 Å². The lowest BCUT2D eigenvalue weighted by Crippen LogP contribution is -2.47. The predicted octanol–water partition coefficient (Wildman–Crippen LogP) is 4.11. The van der Waals surface area contributed by atoms with Crippen molar-refractivity contribution in [2.45, 2.75) is 45.5 Å². The molecular weight excluding hydrogens is 521 g/mol. The predicted molar refractivity (Wildman–Crippen MR) is 149 cm³/mol. The van der Waals surface area contributed by atoms with Crippen LogP contribution in [0.5, 0.6) is 0 Å². The summed E-state index contributed by atoms with van der Waals surface area (Å²) in [7, 11) is 1.48. The summed E-state index contributed by atoms with van der Waals surface area (Å²) in [5.41, 5.74) is 0.694. The van der Waals surface area contributed by atoms with Crippen LogP contribution >= 0.6 is 0 Å². The number of aromatic amines is 1. The second-order valence-corrected chi connectivity index (χ2v) is 11.4. The average molecular weight is 555 g/mol. The van der Waals surface area contributed by atoms with E-state index in [1.165, 1.54) is 45.5 Å². The van der Waals surface area contributed by atoms with Crippen LogP contribution in [0.15, 0.2) is 58.1 Å². The molecule has 5 rings (SSSR count). The standard InChI is InChI=1S/C29H33F3N6O2/c1-28(2,3)21-11-9-19(10-12-21)17-36-13-15-37(16-14-36)26-33-24-23(25(39)34-27(40)35(24)4)38(26)18-20-7-5-6-8-22(20)29(30,31)32/h5-12H,13-18H2,1-4H3,(H,34,39,40). The third-order valence-corrected chi connectivity index (χ3v) is 7.52. The Hall–Kier alpha value is -3.86. The van der Waals surface area contributed by atoms with Crippen molar-refractivity contribution in [1.29, 1.82) is 0 Å². The van der Waals surface area contributed by atoms with Gasteiger partial charge in [-0.15, -0.1) is 0 Å². The first-order chi connectivity index (χ1) is 18.8. The zero-order valence-electron chi connectivity index (χ0n) is 23.0. The van der Waals surface area contributed by atoms with E-state index in [2.05, 4.69) is 59.9 Å². The summed E-state index contributed by atoms with van der Waals surface area (Å²) in [6.45, 7) is 9.65. The molecule has 0 spiro atoms. The number of fused-ring (bicyclic) bond motifs is 1. The first-order valence-electron chi connectivity index (χ1n) is 13.2. The summed E-state index contributed by atoms with van der Waals surface area (Å²) >= 11 is 0. The van der Waals surface area contributed by atoms with E-state index in [4.69, 9.17) is 0 Å². The highest BCUT2D eigenvalue weighted by Gasteiger charge is 2.34. The molecular formula is C29H33F3N6O2. The minimum Gasteiger partial charge on any atom is -0.340 e. The number of imidazole rings is 1. The number of piperazine rings is 1. The van der Waals surface area contributed by atoms with E-state index in [-0.39, 0.29) is 28.7 Å². The molecule has 0 atom stereocenters. The maximum atomic E-state index is 13.8. The number of nitrogens with zero attached hydrogens (tertiary/aromatic N) is 5. The van der Waals surface area contributed by atoms with E-state index < -0.39 is 23.0 Å². The highest BCUT2D eigenvalue weighted by Crippen LogP contribution is 2.33. The Balaban J connectivity index is 1.44. The fourth-order valence-corrected chi connectivity index (χ4v) is 5.19. The van der Waals surface area contributed by atoms with Gasteiger partial charge in [-0.1, -0.05) is 63.2 Å². The molecule has 0 radical (unpaired) electrons. The molecule has 212 valence electrons. The largest absolute Gasteiger partial charge is 0.416 e. The zero-order valence-corrected chi connectivity index (χ0v) is 23.0. The molecule has 0 aliphatic carbocycles. The molecule has 0 unspecified atom stereocenters. The van der Waals surface area contributed by atoms with Crippen molar-refractivity contribution < 1.29 is 13.2 Å². The fraction of sp³-hybridized carbons (Fsp3) is 0.414. The Kier molecular flexibility index (Phi) is 7.11. The lowest BCUT2D eigenvalue weighted by Gasteiger charge is -2.35. The van der Waals surface area contributed by atoms with Gasteiger partial charge in [-0.2, -0.15) is 18.2 Å². The van der Waals surface area contributed by atoms with Crippen LogP contribution in [0.1, 0.15) is 43.0 Å².